The standard InChI is InChI=1S/C8H5ClFNOS/c9-3-1-2-4(10)6-5(3)7(13)8(12)11-6/h1-2,7,13H,(H,11,12). The van der Waals surface area contributed by atoms with Crippen molar-refractivity contribution in [3.05, 3.63) is 28.5 Å². The van der Waals surface area contributed by atoms with E-state index in [-0.39, 0.29) is 11.6 Å². The van der Waals surface area contributed by atoms with Gasteiger partial charge in [-0.3, -0.25) is 4.79 Å². The fourth-order valence-electron chi connectivity index (χ4n) is 1.28. The molecule has 1 aromatic carbocycles. The summed E-state index contributed by atoms with van der Waals surface area (Å²) in [5.74, 6) is -0.824. The van der Waals surface area contributed by atoms with Gasteiger partial charge in [0, 0.05) is 10.6 Å². The summed E-state index contributed by atoms with van der Waals surface area (Å²) in [5, 5.41) is 2.07. The van der Waals surface area contributed by atoms with E-state index in [1.54, 1.807) is 0 Å². The first-order valence-corrected chi connectivity index (χ1v) is 4.47. The van der Waals surface area contributed by atoms with E-state index in [1.807, 2.05) is 0 Å². The molecule has 68 valence electrons. The van der Waals surface area contributed by atoms with Crippen LogP contribution in [-0.2, 0) is 4.79 Å². The molecule has 0 spiro atoms. The third kappa shape index (κ3) is 1.21. The molecule has 1 heterocycles. The zero-order chi connectivity index (χ0) is 9.59. The molecule has 1 aliphatic heterocycles. The van der Waals surface area contributed by atoms with Gasteiger partial charge in [0.05, 0.1) is 5.69 Å². The van der Waals surface area contributed by atoms with Gasteiger partial charge in [-0.15, -0.1) is 0 Å². The lowest BCUT2D eigenvalue weighted by molar-refractivity contribution is -0.115. The first-order valence-electron chi connectivity index (χ1n) is 3.58. The van der Waals surface area contributed by atoms with Gasteiger partial charge in [0.1, 0.15) is 11.1 Å². The Hall–Kier alpha value is -0.740. The lowest BCUT2D eigenvalue weighted by Crippen LogP contribution is -2.07. The van der Waals surface area contributed by atoms with Crippen molar-refractivity contribution in [3.8, 4) is 0 Å². The fourth-order valence-corrected chi connectivity index (χ4v) is 1.96. The van der Waals surface area contributed by atoms with E-state index >= 15 is 0 Å². The molecule has 0 bridgehead atoms. The molecule has 1 unspecified atom stereocenters. The van der Waals surface area contributed by atoms with Crippen molar-refractivity contribution < 1.29 is 9.18 Å². The Kier molecular flexibility index (Phi) is 1.96. The van der Waals surface area contributed by atoms with Crippen LogP contribution in [0.2, 0.25) is 5.02 Å². The van der Waals surface area contributed by atoms with E-state index in [4.69, 9.17) is 11.6 Å². The average Bonchev–Trinajstić information content (AvgIpc) is 2.38. The second-order valence-corrected chi connectivity index (χ2v) is 3.63. The monoisotopic (exact) mass is 217 g/mol. The van der Waals surface area contributed by atoms with E-state index in [1.165, 1.54) is 12.1 Å². The molecule has 1 aliphatic rings. The van der Waals surface area contributed by atoms with Crippen LogP contribution in [0.25, 0.3) is 0 Å². The van der Waals surface area contributed by atoms with E-state index in [9.17, 15) is 9.18 Å². The Labute approximate surface area is 84.5 Å². The minimum atomic E-state index is -0.668. The molecule has 0 fully saturated rings. The smallest absolute Gasteiger partial charge is 0.241 e. The van der Waals surface area contributed by atoms with E-state index in [0.29, 0.717) is 10.6 Å². The van der Waals surface area contributed by atoms with Crippen LogP contribution in [0.1, 0.15) is 10.8 Å². The highest BCUT2D eigenvalue weighted by Gasteiger charge is 2.31. The molecule has 0 saturated carbocycles. The fraction of sp³-hybridized carbons (Fsp3) is 0.125. The second kappa shape index (κ2) is 2.89. The van der Waals surface area contributed by atoms with Crippen LogP contribution in [0.15, 0.2) is 12.1 Å². The van der Waals surface area contributed by atoms with Gasteiger partial charge in [-0.1, -0.05) is 11.6 Å². The molecule has 1 N–H and O–H groups in total. The Morgan fingerprint density at radius 3 is 2.85 bits per heavy atom. The number of hydrogen-bond donors (Lipinski definition) is 2. The van der Waals surface area contributed by atoms with Gasteiger partial charge in [-0.05, 0) is 12.1 Å². The van der Waals surface area contributed by atoms with Gasteiger partial charge in [0.25, 0.3) is 0 Å². The van der Waals surface area contributed by atoms with Gasteiger partial charge < -0.3 is 5.32 Å². The Bertz CT molecular complexity index is 396. The molecule has 2 rings (SSSR count). The molecule has 0 radical (unpaired) electrons. The number of nitrogens with one attached hydrogen (secondary N) is 1. The van der Waals surface area contributed by atoms with E-state index < -0.39 is 11.1 Å². The van der Waals surface area contributed by atoms with Crippen LogP contribution >= 0.6 is 24.2 Å². The van der Waals surface area contributed by atoms with Gasteiger partial charge >= 0.3 is 0 Å². The van der Waals surface area contributed by atoms with Gasteiger partial charge in [0.15, 0.2) is 0 Å². The highest BCUT2D eigenvalue weighted by molar-refractivity contribution is 7.81. The first-order chi connectivity index (χ1) is 6.11. The summed E-state index contributed by atoms with van der Waals surface area (Å²) in [6.07, 6.45) is 0. The highest BCUT2D eigenvalue weighted by atomic mass is 35.5. The molecular formula is C8H5ClFNOS. The second-order valence-electron chi connectivity index (χ2n) is 2.71. The molecule has 0 saturated heterocycles. The molecular weight excluding hydrogens is 213 g/mol. The predicted molar refractivity (Wildman–Crippen MR) is 51.8 cm³/mol. The van der Waals surface area contributed by atoms with Gasteiger partial charge in [0.2, 0.25) is 5.91 Å². The van der Waals surface area contributed by atoms with Crippen LogP contribution in [0.5, 0.6) is 0 Å². The van der Waals surface area contributed by atoms with Crippen LogP contribution in [0.3, 0.4) is 0 Å². The minimum Gasteiger partial charge on any atom is -0.322 e. The zero-order valence-electron chi connectivity index (χ0n) is 6.34. The lowest BCUT2D eigenvalue weighted by atomic mass is 10.1. The maximum Gasteiger partial charge on any atom is 0.241 e. The number of rotatable bonds is 0. The Morgan fingerprint density at radius 2 is 2.23 bits per heavy atom. The largest absolute Gasteiger partial charge is 0.322 e. The first kappa shape index (κ1) is 8.84. The summed E-state index contributed by atoms with van der Waals surface area (Å²) >= 11 is 9.81. The summed E-state index contributed by atoms with van der Waals surface area (Å²) in [7, 11) is 0. The number of amides is 1. The molecule has 1 atom stereocenters. The highest BCUT2D eigenvalue weighted by Crippen LogP contribution is 2.41. The Balaban J connectivity index is 2.68. The SMILES string of the molecule is O=C1Nc2c(F)ccc(Cl)c2C1S. The average molecular weight is 218 g/mol. The quantitative estimate of drug-likeness (QED) is 0.642. The number of benzene rings is 1. The number of thiol groups is 1. The van der Waals surface area contributed by atoms with Crippen LogP contribution < -0.4 is 5.32 Å². The molecule has 1 aromatic rings. The molecule has 0 aromatic heterocycles. The molecule has 2 nitrogen and oxygen atoms in total. The van der Waals surface area contributed by atoms with Crippen LogP contribution in [0.4, 0.5) is 10.1 Å². The number of carbonyl (C=O) groups excluding carboxylic acids is 1. The number of anilines is 1. The van der Waals surface area contributed by atoms with Gasteiger partial charge in [-0.2, -0.15) is 12.6 Å². The number of halogens is 2. The maximum absolute atomic E-state index is 13.1. The van der Waals surface area contributed by atoms with Crippen molar-refractivity contribution in [1.29, 1.82) is 0 Å². The van der Waals surface area contributed by atoms with Crippen molar-refractivity contribution in [3.63, 3.8) is 0 Å². The van der Waals surface area contributed by atoms with Gasteiger partial charge in [-0.25, -0.2) is 4.39 Å². The van der Waals surface area contributed by atoms with Crippen molar-refractivity contribution in [2.24, 2.45) is 0 Å². The number of hydrogen-bond acceptors (Lipinski definition) is 2. The zero-order valence-corrected chi connectivity index (χ0v) is 7.99. The van der Waals surface area contributed by atoms with Crippen LogP contribution in [-0.4, -0.2) is 5.91 Å². The summed E-state index contributed by atoms with van der Waals surface area (Å²) in [4.78, 5) is 11.1. The van der Waals surface area contributed by atoms with Crippen molar-refractivity contribution in [1.82, 2.24) is 0 Å². The molecule has 5 heteroatoms. The number of carbonyl (C=O) groups is 1. The van der Waals surface area contributed by atoms with Crippen molar-refractivity contribution in [2.45, 2.75) is 5.25 Å². The molecule has 0 aliphatic carbocycles. The lowest BCUT2D eigenvalue weighted by Gasteiger charge is -2.03. The number of fused-ring (bicyclic) bond motifs is 1. The minimum absolute atomic E-state index is 0.150. The topological polar surface area (TPSA) is 29.1 Å². The predicted octanol–water partition coefficient (Wildman–Crippen LogP) is 2.40. The van der Waals surface area contributed by atoms with Crippen molar-refractivity contribution in [2.75, 3.05) is 5.32 Å². The Morgan fingerprint density at radius 1 is 1.54 bits per heavy atom. The van der Waals surface area contributed by atoms with Crippen molar-refractivity contribution >= 4 is 35.8 Å². The van der Waals surface area contributed by atoms with E-state index in [2.05, 4.69) is 17.9 Å². The van der Waals surface area contributed by atoms with Crippen LogP contribution in [0, 0.1) is 5.82 Å². The maximum atomic E-state index is 13.1. The van der Waals surface area contributed by atoms with E-state index in [0.717, 1.165) is 0 Å². The summed E-state index contributed by atoms with van der Waals surface area (Å²) in [6, 6.07) is 2.63. The summed E-state index contributed by atoms with van der Waals surface area (Å²) in [5.41, 5.74) is 0.576. The summed E-state index contributed by atoms with van der Waals surface area (Å²) < 4.78 is 13.1. The molecule has 1 amide bonds. The molecule has 13 heavy (non-hydrogen) atoms. The third-order valence-corrected chi connectivity index (χ3v) is 2.73. The third-order valence-electron chi connectivity index (χ3n) is 1.91. The summed E-state index contributed by atoms with van der Waals surface area (Å²) in [6.45, 7) is 0. The normalized spacial score (nSPS) is 19.9.